The zero-order chi connectivity index (χ0) is 49.1. The average Bonchev–Trinajstić information content (AvgIpc) is 3.89. The lowest BCUT2D eigenvalue weighted by atomic mass is 9.46. The van der Waals surface area contributed by atoms with Gasteiger partial charge in [-0.15, -0.1) is 0 Å². The van der Waals surface area contributed by atoms with Crippen molar-refractivity contribution in [1.82, 2.24) is 0 Å². The van der Waals surface area contributed by atoms with Gasteiger partial charge in [-0.1, -0.05) is 253 Å². The van der Waals surface area contributed by atoms with E-state index in [1.165, 1.54) is 71.6 Å². The van der Waals surface area contributed by atoms with Crippen LogP contribution in [0.5, 0.6) is 0 Å². The molecule has 0 amide bonds. The molecule has 0 N–H and O–H groups in total. The number of ketones is 1. The van der Waals surface area contributed by atoms with Crippen molar-refractivity contribution in [2.75, 3.05) is 0 Å². The molecule has 0 heterocycles. The maximum Gasteiger partial charge on any atom is 0.180 e. The van der Waals surface area contributed by atoms with E-state index < -0.39 is 10.8 Å². The summed E-state index contributed by atoms with van der Waals surface area (Å²) >= 11 is 0. The molecule has 0 aliphatic heterocycles. The Hall–Kier alpha value is -6.83. The highest BCUT2D eigenvalue weighted by Crippen LogP contribution is 2.79. The summed E-state index contributed by atoms with van der Waals surface area (Å²) in [6.07, 6.45) is 0. The van der Waals surface area contributed by atoms with Gasteiger partial charge in [-0.25, -0.2) is 0 Å². The predicted molar refractivity (Wildman–Crippen MR) is 297 cm³/mol. The molecule has 1 nitrogen and oxygen atoms in total. The monoisotopic (exact) mass is 908 g/mol. The van der Waals surface area contributed by atoms with Gasteiger partial charge < -0.3 is 0 Å². The summed E-state index contributed by atoms with van der Waals surface area (Å²) in [5.41, 5.74) is 18.0. The van der Waals surface area contributed by atoms with Gasteiger partial charge in [0.15, 0.2) is 5.78 Å². The summed E-state index contributed by atoms with van der Waals surface area (Å²) in [5, 5.41) is 4.88. The minimum absolute atomic E-state index is 0.0532. The molecular weight excluding hydrogens is 845 g/mol. The molecule has 0 fully saturated rings. The molecule has 8 aromatic carbocycles. The molecule has 0 aromatic heterocycles. The van der Waals surface area contributed by atoms with Crippen LogP contribution in [-0.2, 0) is 37.3 Å². The lowest BCUT2D eigenvalue weighted by Crippen LogP contribution is -2.53. The van der Waals surface area contributed by atoms with Crippen molar-refractivity contribution in [3.63, 3.8) is 0 Å². The Morgan fingerprint density at radius 1 is 0.314 bits per heavy atom. The molecule has 346 valence electrons. The molecular formula is C69H64O. The topological polar surface area (TPSA) is 17.1 Å². The fourth-order valence-electron chi connectivity index (χ4n) is 13.2. The minimum atomic E-state index is -1.28. The fraction of sp³-hybridized carbons (Fsp3) is 0.261. The van der Waals surface area contributed by atoms with Gasteiger partial charge >= 0.3 is 0 Å². The normalized spacial score (nSPS) is 19.7. The van der Waals surface area contributed by atoms with Crippen LogP contribution in [0, 0.1) is 0 Å². The van der Waals surface area contributed by atoms with Gasteiger partial charge in [0.1, 0.15) is 5.41 Å². The Morgan fingerprint density at radius 3 is 1.10 bits per heavy atom. The van der Waals surface area contributed by atoms with E-state index >= 15 is 4.79 Å². The first-order chi connectivity index (χ1) is 33.2. The maximum absolute atomic E-state index is 17.9. The van der Waals surface area contributed by atoms with Gasteiger partial charge in [0.2, 0.25) is 0 Å². The molecule has 1 heteroatoms. The van der Waals surface area contributed by atoms with Crippen molar-refractivity contribution in [2.45, 2.75) is 116 Å². The standard InChI is InChI=1S/C69H64O/c1-64(2,3)46-31-25-43(26-32-46)57-62-53-23-15-19-42-20-16-24-54(56(42)53)69(62)61(45-29-35-48(36-30-45)66(7,8)9)59-52-22-14-18-41-17-13-21-51(55(41)52)58(59)60(44-27-33-47(34-28-44)65(4,5)6)68(69,63(57)70)50-39-37-49(38-40-50)67(10,11)12/h13-40H,1-12H3. The summed E-state index contributed by atoms with van der Waals surface area (Å²) in [6, 6.07) is 64.5. The number of Topliss-reactive ketones (excluding diaryl/α,β-unsaturated/α-hetero) is 1. The lowest BCUT2D eigenvalue weighted by molar-refractivity contribution is -0.117. The number of allylic oxidation sites excluding steroid dienone is 6. The highest BCUT2D eigenvalue weighted by molar-refractivity contribution is 6.51. The molecule has 0 saturated carbocycles. The molecule has 0 bridgehead atoms. The molecule has 4 aliphatic rings. The number of benzene rings is 8. The third-order valence-electron chi connectivity index (χ3n) is 16.6. The summed E-state index contributed by atoms with van der Waals surface area (Å²) in [5.74, 6) is 0.148. The first-order valence-corrected chi connectivity index (χ1v) is 25.5. The largest absolute Gasteiger partial charge is 0.293 e. The van der Waals surface area contributed by atoms with Gasteiger partial charge in [0.05, 0.1) is 5.41 Å². The number of hydrogen-bond donors (Lipinski definition) is 0. The third kappa shape index (κ3) is 5.87. The SMILES string of the molecule is CC(C)(C)c1ccc(C2=C3c4cccc5cccc(c45)C34C(c3ccc(C(C)(C)C)cc3)=C3C(=C(c5ccc(C(C)(C)C)cc5)C4(c4ccc(C(C)(C)C)cc4)C2=O)c2cccc4cccc3c24)cc1. The second-order valence-corrected chi connectivity index (χ2v) is 24.8. The number of carbonyl (C=O) groups excluding carboxylic acids is 1. The molecule has 1 spiro atoms. The van der Waals surface area contributed by atoms with Crippen LogP contribution in [0.3, 0.4) is 0 Å². The van der Waals surface area contributed by atoms with Crippen molar-refractivity contribution < 1.29 is 4.79 Å². The first kappa shape index (κ1) is 44.4. The molecule has 2 unspecified atom stereocenters. The second kappa shape index (κ2) is 14.6. The van der Waals surface area contributed by atoms with Crippen LogP contribution in [0.1, 0.15) is 150 Å². The van der Waals surface area contributed by atoms with Crippen LogP contribution in [0.25, 0.3) is 55.0 Å². The van der Waals surface area contributed by atoms with Crippen molar-refractivity contribution in [1.29, 1.82) is 0 Å². The number of rotatable bonds is 4. The molecule has 0 radical (unpaired) electrons. The molecule has 0 saturated heterocycles. The zero-order valence-electron chi connectivity index (χ0n) is 43.1. The van der Waals surface area contributed by atoms with E-state index in [0.29, 0.717) is 0 Å². The Balaban J connectivity index is 1.37. The van der Waals surface area contributed by atoms with Gasteiger partial charge in [0, 0.05) is 5.57 Å². The smallest absolute Gasteiger partial charge is 0.180 e. The van der Waals surface area contributed by atoms with Crippen LogP contribution in [-0.4, -0.2) is 5.78 Å². The number of fused-ring (bicyclic) bond motifs is 4. The van der Waals surface area contributed by atoms with Crippen molar-refractivity contribution in [3.05, 3.63) is 237 Å². The van der Waals surface area contributed by atoms with Crippen molar-refractivity contribution >= 4 is 60.8 Å². The van der Waals surface area contributed by atoms with Crippen LogP contribution < -0.4 is 0 Å². The third-order valence-corrected chi connectivity index (χ3v) is 16.6. The van der Waals surface area contributed by atoms with Crippen LogP contribution >= 0.6 is 0 Å². The maximum atomic E-state index is 17.9. The van der Waals surface area contributed by atoms with E-state index in [1.54, 1.807) is 0 Å². The molecule has 2 atom stereocenters. The van der Waals surface area contributed by atoms with Crippen LogP contribution in [0.2, 0.25) is 0 Å². The molecule has 8 aromatic rings. The van der Waals surface area contributed by atoms with E-state index in [9.17, 15) is 0 Å². The Labute approximate surface area is 415 Å². The Morgan fingerprint density at radius 2 is 0.671 bits per heavy atom. The summed E-state index contributed by atoms with van der Waals surface area (Å²) in [6.45, 7) is 27.4. The van der Waals surface area contributed by atoms with Gasteiger partial charge in [-0.05, 0) is 138 Å². The number of carbonyl (C=O) groups is 1. The number of hydrogen-bond acceptors (Lipinski definition) is 1. The Bertz CT molecular complexity index is 3620. The minimum Gasteiger partial charge on any atom is -0.293 e. The quantitative estimate of drug-likeness (QED) is 0.172. The van der Waals surface area contributed by atoms with Crippen molar-refractivity contribution in [3.8, 4) is 0 Å². The van der Waals surface area contributed by atoms with Gasteiger partial charge in [0.25, 0.3) is 0 Å². The lowest BCUT2D eigenvalue weighted by Gasteiger charge is -2.53. The summed E-state index contributed by atoms with van der Waals surface area (Å²) < 4.78 is 0. The first-order valence-electron chi connectivity index (χ1n) is 25.5. The predicted octanol–water partition coefficient (Wildman–Crippen LogP) is 17.4. The van der Waals surface area contributed by atoms with E-state index in [4.69, 9.17) is 0 Å². The molecule has 70 heavy (non-hydrogen) atoms. The highest BCUT2D eigenvalue weighted by atomic mass is 16.1. The van der Waals surface area contributed by atoms with Crippen LogP contribution in [0.15, 0.2) is 170 Å². The summed E-state index contributed by atoms with van der Waals surface area (Å²) in [4.78, 5) is 17.9. The second-order valence-electron chi connectivity index (χ2n) is 24.8. The Kier molecular flexibility index (Phi) is 9.27. The molecule has 12 rings (SSSR count). The van der Waals surface area contributed by atoms with E-state index in [1.807, 2.05) is 0 Å². The molecule has 4 aliphatic carbocycles. The van der Waals surface area contributed by atoms with Crippen molar-refractivity contribution in [2.24, 2.45) is 0 Å². The fourth-order valence-corrected chi connectivity index (χ4v) is 13.2. The van der Waals surface area contributed by atoms with Gasteiger partial charge in [-0.2, -0.15) is 0 Å². The zero-order valence-corrected chi connectivity index (χ0v) is 43.1. The van der Waals surface area contributed by atoms with E-state index in [-0.39, 0.29) is 27.4 Å². The van der Waals surface area contributed by atoms with Crippen LogP contribution in [0.4, 0.5) is 0 Å². The highest BCUT2D eigenvalue weighted by Gasteiger charge is 2.74. The summed E-state index contributed by atoms with van der Waals surface area (Å²) in [7, 11) is 0. The van der Waals surface area contributed by atoms with E-state index in [2.05, 4.69) is 253 Å². The van der Waals surface area contributed by atoms with Gasteiger partial charge in [-0.3, -0.25) is 4.79 Å². The average molecular weight is 909 g/mol. The van der Waals surface area contributed by atoms with E-state index in [0.717, 1.165) is 50.1 Å².